The van der Waals surface area contributed by atoms with Crippen LogP contribution in [0.15, 0.2) is 78.9 Å². The number of ether oxygens (including phenoxy) is 1. The highest BCUT2D eigenvalue weighted by Crippen LogP contribution is 2.24. The lowest BCUT2D eigenvalue weighted by Gasteiger charge is -2.08. The van der Waals surface area contributed by atoms with E-state index in [0.29, 0.717) is 6.42 Å². The molecule has 4 rings (SSSR count). The summed E-state index contributed by atoms with van der Waals surface area (Å²) in [6.07, 6.45) is -0.0568. The molecule has 4 nitrogen and oxygen atoms in total. The molecule has 0 radical (unpaired) electrons. The number of aliphatic hydroxyl groups excluding tert-OH is 1. The largest absolute Gasteiger partial charge is 0.457 e. The zero-order chi connectivity index (χ0) is 19.8. The Labute approximate surface area is 168 Å². The van der Waals surface area contributed by atoms with Gasteiger partial charge in [0.25, 0.3) is 0 Å². The number of aromatic nitrogens is 1. The second kappa shape index (κ2) is 9.65. The maximum atomic E-state index is 9.46. The van der Waals surface area contributed by atoms with E-state index >= 15 is 0 Å². The van der Waals surface area contributed by atoms with Crippen molar-refractivity contribution in [2.75, 3.05) is 0 Å². The van der Waals surface area contributed by atoms with Crippen molar-refractivity contribution in [2.24, 2.45) is 0 Å². The van der Waals surface area contributed by atoms with Crippen LogP contribution in [0, 0.1) is 11.3 Å². The van der Waals surface area contributed by atoms with E-state index in [1.165, 1.54) is 0 Å². The Morgan fingerprint density at radius 2 is 1.71 bits per heavy atom. The van der Waals surface area contributed by atoms with Gasteiger partial charge in [0, 0.05) is 0 Å². The highest BCUT2D eigenvalue weighted by atomic mass is 32.1. The van der Waals surface area contributed by atoms with E-state index in [2.05, 4.69) is 11.1 Å². The third-order valence-electron chi connectivity index (χ3n) is 3.89. The number of hydrogen-bond acceptors (Lipinski definition) is 5. The summed E-state index contributed by atoms with van der Waals surface area (Å²) in [6, 6.07) is 27.1. The first-order chi connectivity index (χ1) is 13.7. The normalized spacial score (nSPS) is 11.2. The molecular formula is C23H20N2O2S. The Kier molecular flexibility index (Phi) is 6.74. The molecule has 0 saturated carbocycles. The van der Waals surface area contributed by atoms with Crippen molar-refractivity contribution in [3.63, 3.8) is 0 Å². The molecule has 0 aliphatic heterocycles. The fraction of sp³-hybridized carbons (Fsp3) is 0.130. The van der Waals surface area contributed by atoms with Crippen molar-refractivity contribution < 1.29 is 9.84 Å². The molecule has 0 bridgehead atoms. The van der Waals surface area contributed by atoms with E-state index in [1.807, 2.05) is 78.9 Å². The third kappa shape index (κ3) is 5.40. The van der Waals surface area contributed by atoms with Gasteiger partial charge in [-0.25, -0.2) is 4.98 Å². The lowest BCUT2D eigenvalue weighted by atomic mass is 10.1. The van der Waals surface area contributed by atoms with E-state index in [9.17, 15) is 5.11 Å². The molecule has 0 aliphatic rings. The molecule has 5 heteroatoms. The van der Waals surface area contributed by atoms with Crippen molar-refractivity contribution in [1.82, 2.24) is 4.98 Å². The highest BCUT2D eigenvalue weighted by molar-refractivity contribution is 7.18. The molecule has 1 unspecified atom stereocenters. The third-order valence-corrected chi connectivity index (χ3v) is 4.92. The highest BCUT2D eigenvalue weighted by Gasteiger charge is 2.03. The molecule has 0 saturated heterocycles. The van der Waals surface area contributed by atoms with Gasteiger partial charge in [0.2, 0.25) is 0 Å². The van der Waals surface area contributed by atoms with Crippen molar-refractivity contribution in [2.45, 2.75) is 19.4 Å². The molecule has 4 aromatic rings. The zero-order valence-electron chi connectivity index (χ0n) is 15.4. The summed E-state index contributed by atoms with van der Waals surface area (Å²) in [5.74, 6) is 1.54. The minimum Gasteiger partial charge on any atom is -0.457 e. The van der Waals surface area contributed by atoms with Gasteiger partial charge in [0.1, 0.15) is 16.5 Å². The van der Waals surface area contributed by atoms with E-state index in [0.717, 1.165) is 32.3 Å². The van der Waals surface area contributed by atoms with Gasteiger partial charge in [0.05, 0.1) is 28.8 Å². The molecule has 28 heavy (non-hydrogen) atoms. The van der Waals surface area contributed by atoms with E-state index in [-0.39, 0.29) is 0 Å². The smallest absolute Gasteiger partial charge is 0.127 e. The minimum absolute atomic E-state index is 0.416. The fourth-order valence-corrected chi connectivity index (χ4v) is 3.43. The van der Waals surface area contributed by atoms with E-state index < -0.39 is 6.10 Å². The van der Waals surface area contributed by atoms with Crippen LogP contribution < -0.4 is 4.74 Å². The Bertz CT molecular complexity index is 1040. The maximum Gasteiger partial charge on any atom is 0.127 e. The average Bonchev–Trinajstić information content (AvgIpc) is 3.12. The number of hydrogen-bond donors (Lipinski definition) is 1. The number of rotatable bonds is 4. The van der Waals surface area contributed by atoms with Gasteiger partial charge in [-0.3, -0.25) is 0 Å². The number of thiazole rings is 1. The number of nitrogens with zero attached hydrogens (tertiary/aromatic N) is 2. The van der Waals surface area contributed by atoms with E-state index in [4.69, 9.17) is 10.00 Å². The van der Waals surface area contributed by atoms with Crippen molar-refractivity contribution in [3.05, 3.63) is 89.4 Å². The molecule has 140 valence electrons. The summed E-state index contributed by atoms with van der Waals surface area (Å²) in [4.78, 5) is 4.30. The van der Waals surface area contributed by atoms with Crippen molar-refractivity contribution in [1.29, 1.82) is 5.26 Å². The van der Waals surface area contributed by atoms with Crippen molar-refractivity contribution in [3.8, 4) is 17.6 Å². The molecule has 0 spiro atoms. The second-order valence-electron chi connectivity index (χ2n) is 6.07. The Morgan fingerprint density at radius 1 is 1.00 bits per heavy atom. The summed E-state index contributed by atoms with van der Waals surface area (Å²) < 4.78 is 6.81. The first-order valence-electron chi connectivity index (χ1n) is 8.88. The van der Waals surface area contributed by atoms with Crippen LogP contribution in [0.3, 0.4) is 0 Å². The molecule has 1 N–H and O–H groups in total. The molecule has 1 heterocycles. The summed E-state index contributed by atoms with van der Waals surface area (Å²) in [6.45, 7) is 1.74. The molecule has 3 aromatic carbocycles. The first-order valence-corrected chi connectivity index (χ1v) is 9.69. The molecule has 0 amide bonds. The van der Waals surface area contributed by atoms with Crippen LogP contribution in [0.5, 0.6) is 11.5 Å². The zero-order valence-corrected chi connectivity index (χ0v) is 16.3. The Hall–Kier alpha value is -3.20. The Balaban J connectivity index is 0.000000167. The second-order valence-corrected chi connectivity index (χ2v) is 7.19. The molecule has 0 aliphatic carbocycles. The average molecular weight is 388 g/mol. The lowest BCUT2D eigenvalue weighted by Crippen LogP contribution is -1.91. The molecular weight excluding hydrogens is 368 g/mol. The minimum atomic E-state index is -0.473. The number of nitriles is 1. The predicted molar refractivity (Wildman–Crippen MR) is 113 cm³/mol. The number of benzene rings is 3. The van der Waals surface area contributed by atoms with Gasteiger partial charge in [-0.15, -0.1) is 11.3 Å². The van der Waals surface area contributed by atoms with Crippen LogP contribution >= 0.6 is 11.3 Å². The van der Waals surface area contributed by atoms with Crippen LogP contribution in [0.25, 0.3) is 10.2 Å². The van der Waals surface area contributed by atoms with Crippen LogP contribution in [0.1, 0.15) is 23.6 Å². The fourth-order valence-electron chi connectivity index (χ4n) is 2.53. The molecule has 0 fully saturated rings. The summed E-state index contributed by atoms with van der Waals surface area (Å²) in [7, 11) is 0. The van der Waals surface area contributed by atoms with Gasteiger partial charge in [-0.2, -0.15) is 5.26 Å². The topological polar surface area (TPSA) is 66.1 Å². The standard InChI is InChI=1S/C14H14O2.C9H6N2S/c1-11(15)12-6-5-9-14(10-12)16-13-7-3-2-4-8-13;10-6-5-9-11-7-3-1-2-4-8(7)12-9/h2-11,15H,1H3;1-4H,5H2. The van der Waals surface area contributed by atoms with Gasteiger partial charge in [-0.05, 0) is 48.9 Å². The monoisotopic (exact) mass is 388 g/mol. The predicted octanol–water partition coefficient (Wildman–Crippen LogP) is 5.89. The lowest BCUT2D eigenvalue weighted by molar-refractivity contribution is 0.199. The first kappa shape index (κ1) is 19.6. The molecule has 1 aromatic heterocycles. The van der Waals surface area contributed by atoms with Crippen LogP contribution in [-0.4, -0.2) is 10.1 Å². The SMILES string of the molecule is CC(O)c1cccc(Oc2ccccc2)c1.N#CCc1nc2ccccc2s1. The van der Waals surface area contributed by atoms with Gasteiger partial charge in [0.15, 0.2) is 0 Å². The van der Waals surface area contributed by atoms with Crippen LogP contribution in [0.4, 0.5) is 0 Å². The van der Waals surface area contributed by atoms with Gasteiger partial charge in [-0.1, -0.05) is 42.5 Å². The molecule has 1 atom stereocenters. The van der Waals surface area contributed by atoms with Gasteiger partial charge >= 0.3 is 0 Å². The van der Waals surface area contributed by atoms with E-state index in [1.54, 1.807) is 18.3 Å². The number of para-hydroxylation sites is 2. The number of fused-ring (bicyclic) bond motifs is 1. The number of aliphatic hydroxyl groups is 1. The Morgan fingerprint density at radius 3 is 2.43 bits per heavy atom. The maximum absolute atomic E-state index is 9.46. The van der Waals surface area contributed by atoms with Crippen LogP contribution in [-0.2, 0) is 6.42 Å². The summed E-state index contributed by atoms with van der Waals surface area (Å²) in [5, 5.41) is 18.8. The summed E-state index contributed by atoms with van der Waals surface area (Å²) >= 11 is 1.59. The quantitative estimate of drug-likeness (QED) is 0.473. The summed E-state index contributed by atoms with van der Waals surface area (Å²) in [5.41, 5.74) is 1.85. The van der Waals surface area contributed by atoms with Crippen molar-refractivity contribution >= 4 is 21.6 Å². The van der Waals surface area contributed by atoms with Crippen LogP contribution in [0.2, 0.25) is 0 Å². The van der Waals surface area contributed by atoms with Gasteiger partial charge < -0.3 is 9.84 Å².